The molecule has 2 heterocycles. The van der Waals surface area contributed by atoms with Crippen molar-refractivity contribution in [1.29, 1.82) is 0 Å². The molecule has 2 aromatic heterocycles. The molecule has 0 unspecified atom stereocenters. The first kappa shape index (κ1) is 30.1. The molecule has 0 N–H and O–H groups in total. The second-order valence-corrected chi connectivity index (χ2v) is 12.5. The zero-order valence-corrected chi connectivity index (χ0v) is 27.1. The number of nitrogens with zero attached hydrogens (tertiary/aromatic N) is 4. The summed E-state index contributed by atoms with van der Waals surface area (Å²) in [6, 6.07) is 39.3. The molecule has 0 saturated heterocycles. The Morgan fingerprint density at radius 1 is 0.438 bits per heavy atom. The molecule has 8 aromatic rings. The van der Waals surface area contributed by atoms with Gasteiger partial charge in [0.25, 0.3) is 0 Å². The van der Waals surface area contributed by atoms with Gasteiger partial charge in [-0.1, -0.05) is 97.1 Å². The number of hydrogen-bond donors (Lipinski definition) is 0. The van der Waals surface area contributed by atoms with Gasteiger partial charge in [-0.3, -0.25) is 0 Å². The Kier molecular flexibility index (Phi) is 8.65. The lowest BCUT2D eigenvalue weighted by Gasteiger charge is -2.10. The minimum absolute atomic E-state index is 0.586. The number of hydrogen-bond acceptors (Lipinski definition) is 2. The van der Waals surface area contributed by atoms with Crippen LogP contribution in [0.15, 0.2) is 147 Å². The maximum Gasteiger partial charge on any atom is 0.244 e. The molecule has 6 nitrogen and oxygen atoms in total. The number of fused-ring (bicyclic) bond motifs is 4. The Morgan fingerprint density at radius 2 is 0.792 bits per heavy atom. The van der Waals surface area contributed by atoms with Crippen molar-refractivity contribution in [3.63, 3.8) is 0 Å². The van der Waals surface area contributed by atoms with Crippen molar-refractivity contribution in [3.8, 4) is 0 Å². The van der Waals surface area contributed by atoms with Crippen LogP contribution in [0.25, 0.3) is 43.1 Å². The molecule has 0 aliphatic carbocycles. The molecule has 48 heavy (non-hydrogen) atoms. The van der Waals surface area contributed by atoms with E-state index in [0.717, 1.165) is 26.2 Å². The van der Waals surface area contributed by atoms with Crippen LogP contribution in [0.3, 0.4) is 0 Å². The van der Waals surface area contributed by atoms with Gasteiger partial charge < -0.3 is 9.47 Å². The van der Waals surface area contributed by atoms with Crippen molar-refractivity contribution < 1.29 is 18.6 Å². The van der Waals surface area contributed by atoms with Crippen LogP contribution >= 0.6 is 0 Å². The third-order valence-corrected chi connectivity index (χ3v) is 9.30. The maximum atomic E-state index is 5.91. The summed E-state index contributed by atoms with van der Waals surface area (Å²) in [4.78, 5) is 0. The van der Waals surface area contributed by atoms with Crippen LogP contribution in [-0.2, 0) is 35.7 Å². The van der Waals surface area contributed by atoms with E-state index in [1.54, 1.807) is 0 Å². The van der Waals surface area contributed by atoms with Crippen molar-refractivity contribution in [2.75, 3.05) is 26.4 Å². The van der Waals surface area contributed by atoms with Gasteiger partial charge in [0.15, 0.2) is 0 Å². The summed E-state index contributed by atoms with van der Waals surface area (Å²) < 4.78 is 20.7. The first-order valence-corrected chi connectivity index (χ1v) is 16.8. The van der Waals surface area contributed by atoms with E-state index in [4.69, 9.17) is 9.47 Å². The fourth-order valence-electron chi connectivity index (χ4n) is 6.91. The highest BCUT2D eigenvalue weighted by Gasteiger charge is 2.13. The minimum atomic E-state index is 0.586. The van der Waals surface area contributed by atoms with Gasteiger partial charge in [-0.05, 0) is 55.2 Å². The van der Waals surface area contributed by atoms with Crippen molar-refractivity contribution in [2.24, 2.45) is 0 Å². The molecule has 0 aliphatic heterocycles. The third kappa shape index (κ3) is 6.45. The number of ether oxygens (including phenoxy) is 2. The van der Waals surface area contributed by atoms with Crippen LogP contribution in [0.4, 0.5) is 0 Å². The Labute approximate surface area is 280 Å². The number of rotatable bonds is 13. The van der Waals surface area contributed by atoms with Crippen LogP contribution in [-0.4, -0.2) is 35.6 Å². The van der Waals surface area contributed by atoms with Gasteiger partial charge in [0.1, 0.15) is 51.0 Å². The predicted molar refractivity (Wildman–Crippen MR) is 192 cm³/mol. The van der Waals surface area contributed by atoms with Crippen LogP contribution in [0.1, 0.15) is 11.1 Å². The quantitative estimate of drug-likeness (QED) is 0.0760. The largest absolute Gasteiger partial charge is 0.375 e. The van der Waals surface area contributed by atoms with Crippen molar-refractivity contribution in [1.82, 2.24) is 9.13 Å². The van der Waals surface area contributed by atoms with Gasteiger partial charge in [-0.15, -0.1) is 0 Å². The van der Waals surface area contributed by atoms with Gasteiger partial charge in [-0.2, -0.15) is 0 Å². The van der Waals surface area contributed by atoms with Crippen molar-refractivity contribution >= 4 is 43.1 Å². The fourth-order valence-corrected chi connectivity index (χ4v) is 6.91. The highest BCUT2D eigenvalue weighted by Crippen LogP contribution is 2.29. The van der Waals surface area contributed by atoms with Crippen molar-refractivity contribution in [2.45, 2.75) is 26.2 Å². The van der Waals surface area contributed by atoms with E-state index in [-0.39, 0.29) is 0 Å². The molecule has 0 radical (unpaired) electrons. The van der Waals surface area contributed by atoms with E-state index in [2.05, 4.69) is 165 Å². The SMILES string of the molecule is c1ccc2c(C[n+]3ccn(CCOCCOCCn4cc[n+](Cc5c6ccccc6cc6ccccc56)c4)c3)c3ccccc3cc2c1. The Balaban J connectivity index is 0.789. The van der Waals surface area contributed by atoms with Crippen LogP contribution in [0.5, 0.6) is 0 Å². The normalized spacial score (nSPS) is 11.8. The smallest absolute Gasteiger partial charge is 0.244 e. The first-order valence-electron chi connectivity index (χ1n) is 16.8. The van der Waals surface area contributed by atoms with Crippen LogP contribution in [0, 0.1) is 0 Å². The van der Waals surface area contributed by atoms with Gasteiger partial charge in [-0.25, -0.2) is 18.3 Å². The molecule has 238 valence electrons. The van der Waals surface area contributed by atoms with E-state index < -0.39 is 0 Å². The van der Waals surface area contributed by atoms with Gasteiger partial charge in [0.05, 0.1) is 26.4 Å². The van der Waals surface area contributed by atoms with E-state index in [0.29, 0.717) is 26.4 Å². The molecule has 0 atom stereocenters. The summed E-state index contributed by atoms with van der Waals surface area (Å²) in [5, 5.41) is 10.4. The molecule has 0 aliphatic rings. The van der Waals surface area contributed by atoms with E-state index in [9.17, 15) is 0 Å². The minimum Gasteiger partial charge on any atom is -0.375 e. The van der Waals surface area contributed by atoms with Crippen LogP contribution < -0.4 is 9.13 Å². The molecule has 0 fully saturated rings. The monoisotopic (exact) mass is 632 g/mol. The highest BCUT2D eigenvalue weighted by molar-refractivity contribution is 6.03. The highest BCUT2D eigenvalue weighted by atomic mass is 16.5. The summed E-state index contributed by atoms with van der Waals surface area (Å²) in [5.41, 5.74) is 2.71. The summed E-state index contributed by atoms with van der Waals surface area (Å²) in [6.45, 7) is 5.73. The lowest BCUT2D eigenvalue weighted by atomic mass is 9.97. The van der Waals surface area contributed by atoms with Gasteiger partial charge in [0, 0.05) is 11.1 Å². The second-order valence-electron chi connectivity index (χ2n) is 12.5. The molecule has 0 spiro atoms. The molecule has 0 bridgehead atoms. The first-order chi connectivity index (χ1) is 23.8. The molecule has 6 aromatic carbocycles. The van der Waals surface area contributed by atoms with Crippen LogP contribution in [0.2, 0.25) is 0 Å². The molecular weight excluding hydrogens is 592 g/mol. The number of imidazole rings is 2. The molecule has 6 heteroatoms. The Bertz CT molecular complexity index is 2060. The Hall–Kier alpha value is -5.30. The van der Waals surface area contributed by atoms with Crippen molar-refractivity contribution in [3.05, 3.63) is 158 Å². The maximum absolute atomic E-state index is 5.91. The average Bonchev–Trinajstić information content (AvgIpc) is 3.78. The van der Waals surface area contributed by atoms with Gasteiger partial charge >= 0.3 is 0 Å². The average molecular weight is 633 g/mol. The summed E-state index contributed by atoms with van der Waals surface area (Å²) >= 11 is 0. The lowest BCUT2D eigenvalue weighted by molar-refractivity contribution is -0.687. The molecule has 8 rings (SSSR count). The second kappa shape index (κ2) is 13.8. The zero-order chi connectivity index (χ0) is 32.1. The lowest BCUT2D eigenvalue weighted by Crippen LogP contribution is -2.32. The standard InChI is InChI=1S/C42H40N4O2/c1-5-13-37-33(9-1)27-34-10-2-6-14-38(34)41(37)29-45-19-17-43(31-45)21-23-47-25-26-48-24-22-44-18-20-46(32-44)30-42-39-15-7-3-11-35(39)28-36-12-4-8-16-40(36)42/h1-20,27-28,31-32H,21-26,29-30H2/q+2. The zero-order valence-electron chi connectivity index (χ0n) is 27.1. The summed E-state index contributed by atoms with van der Waals surface area (Å²) in [5.74, 6) is 0. The predicted octanol–water partition coefficient (Wildman–Crippen LogP) is 7.31. The topological polar surface area (TPSA) is 36.1 Å². The fraction of sp³-hybridized carbons (Fsp3) is 0.190. The van der Waals surface area contributed by atoms with E-state index in [1.165, 1.54) is 54.2 Å². The molecule has 0 saturated carbocycles. The summed E-state index contributed by atoms with van der Waals surface area (Å²) in [6.07, 6.45) is 12.9. The Morgan fingerprint density at radius 3 is 1.17 bits per heavy atom. The number of benzene rings is 6. The van der Waals surface area contributed by atoms with E-state index in [1.807, 2.05) is 0 Å². The summed E-state index contributed by atoms with van der Waals surface area (Å²) in [7, 11) is 0. The molecular formula is C42H40N4O2+2. The third-order valence-electron chi connectivity index (χ3n) is 9.30. The van der Waals surface area contributed by atoms with Gasteiger partial charge in [0.2, 0.25) is 12.7 Å². The molecule has 0 amide bonds. The number of aromatic nitrogens is 4. The van der Waals surface area contributed by atoms with E-state index >= 15 is 0 Å².